The van der Waals surface area contributed by atoms with E-state index in [1.165, 1.54) is 27.7 Å². The first-order valence-corrected chi connectivity index (χ1v) is 27.9. The van der Waals surface area contributed by atoms with E-state index in [0.29, 0.717) is 64.7 Å². The summed E-state index contributed by atoms with van der Waals surface area (Å²) in [6.45, 7) is 10.5. The van der Waals surface area contributed by atoms with Crippen molar-refractivity contribution < 1.29 is 114 Å². The van der Waals surface area contributed by atoms with Crippen LogP contribution in [0.3, 0.4) is 0 Å². The SMILES string of the molecule is CC(=O)N[C@H]1[C@H](OCCCCC(=O)NCCCNC(=O)CCOCC(N)COCCC(=O)NCCCNC(=O)CCCCO[C@@H]2O[C@H](COC(C)=O)[C@H](OC(C)=O)[C@H](OC(C)=O)[C@H]2NC(C)=O)O[C@H](COC(C)=O)[C@H](OC(C)=O)[C@@H]1OC(C)=O. The summed E-state index contributed by atoms with van der Waals surface area (Å²) in [7, 11) is 0. The fraction of sp³-hybridized carbons (Fsp3) is 0.774. The van der Waals surface area contributed by atoms with Crippen LogP contribution in [0.4, 0.5) is 0 Å². The quantitative estimate of drug-likeness (QED) is 0.0199. The Kier molecular flexibility index (Phi) is 36.2. The molecule has 31 heteroatoms. The maximum Gasteiger partial charge on any atom is 0.303 e. The van der Waals surface area contributed by atoms with Gasteiger partial charge in [0.25, 0.3) is 0 Å². The fourth-order valence-corrected chi connectivity index (χ4v) is 8.33. The Morgan fingerprint density at radius 2 is 0.726 bits per heavy atom. The van der Waals surface area contributed by atoms with Crippen LogP contribution in [0, 0.1) is 0 Å². The van der Waals surface area contributed by atoms with Gasteiger partial charge in [0.15, 0.2) is 37.0 Å². The Balaban J connectivity index is 1.54. The van der Waals surface area contributed by atoms with Gasteiger partial charge in [0, 0.05) is 120 Å². The minimum absolute atomic E-state index is 0.0582. The summed E-state index contributed by atoms with van der Waals surface area (Å²) < 4.78 is 66.6. The van der Waals surface area contributed by atoms with E-state index in [1.807, 2.05) is 0 Å². The number of rotatable bonds is 40. The third kappa shape index (κ3) is 32.4. The van der Waals surface area contributed by atoms with Crippen LogP contribution >= 0.6 is 0 Å². The summed E-state index contributed by atoms with van der Waals surface area (Å²) in [6.07, 6.45) is -6.60. The monoisotopic (exact) mass is 1210 g/mol. The standard InChI is InChI=1S/C53H87N7O24/c1-31(61)59-46-50(81-37(7)67)48(79-35(5)65)40(29-77-33(3)63)83-52(46)75-23-11-9-15-42(69)55-19-13-21-57-44(71)17-25-73-27-39(54)28-74-26-18-45(72)58-22-14-20-56-43(70)16-10-12-24-76-53-47(60-32(2)62)51(82-38(8)68)49(80-36(6)66)41(84-53)30-78-34(4)64/h39-41,46-53H,9-30,54H2,1-8H3,(H,55,69)(H,56,70)(H,57,71)(H,58,72)(H,59,61)(H,60,62)/t40-,41-,46-,47-,48+,49+,50-,51-,52-,53-/m1/s1. The Labute approximate surface area is 488 Å². The van der Waals surface area contributed by atoms with Crippen LogP contribution in [0.25, 0.3) is 0 Å². The number of unbranched alkanes of at least 4 members (excludes halogenated alkanes) is 2. The number of hydrogen-bond acceptors (Lipinski definition) is 25. The van der Waals surface area contributed by atoms with E-state index in [2.05, 4.69) is 31.9 Å². The second-order valence-electron chi connectivity index (χ2n) is 19.6. The van der Waals surface area contributed by atoms with Crippen LogP contribution in [0.15, 0.2) is 0 Å². The van der Waals surface area contributed by atoms with Crippen LogP contribution in [-0.4, -0.2) is 218 Å². The number of nitrogens with one attached hydrogen (secondary N) is 6. The molecular weight excluding hydrogens is 1120 g/mol. The molecule has 0 saturated carbocycles. The van der Waals surface area contributed by atoms with Crippen LogP contribution in [0.1, 0.15) is 120 Å². The van der Waals surface area contributed by atoms with Crippen LogP contribution in [0.5, 0.6) is 0 Å². The van der Waals surface area contributed by atoms with Gasteiger partial charge in [-0.2, -0.15) is 0 Å². The molecule has 0 aromatic rings. The van der Waals surface area contributed by atoms with Gasteiger partial charge < -0.3 is 94.5 Å². The van der Waals surface area contributed by atoms with E-state index in [-0.39, 0.29) is 102 Å². The van der Waals surface area contributed by atoms with E-state index in [4.69, 9.17) is 62.6 Å². The van der Waals surface area contributed by atoms with Gasteiger partial charge in [0.2, 0.25) is 35.4 Å². The van der Waals surface area contributed by atoms with Crippen molar-refractivity contribution in [3.8, 4) is 0 Å². The van der Waals surface area contributed by atoms with Crippen molar-refractivity contribution in [2.24, 2.45) is 5.73 Å². The van der Waals surface area contributed by atoms with Gasteiger partial charge in [-0.1, -0.05) is 0 Å². The van der Waals surface area contributed by atoms with Gasteiger partial charge in [0.05, 0.1) is 32.5 Å². The average molecular weight is 1210 g/mol. The minimum Gasteiger partial charge on any atom is -0.463 e. The van der Waals surface area contributed by atoms with Crippen LogP contribution < -0.4 is 37.6 Å². The molecule has 0 aromatic carbocycles. The van der Waals surface area contributed by atoms with E-state index in [9.17, 15) is 57.5 Å². The molecular formula is C53H87N7O24. The van der Waals surface area contributed by atoms with Gasteiger partial charge in [0.1, 0.15) is 37.5 Å². The molecule has 2 fully saturated rings. The number of hydrogen-bond donors (Lipinski definition) is 7. The maximum absolute atomic E-state index is 12.4. The molecule has 0 bridgehead atoms. The summed E-state index contributed by atoms with van der Waals surface area (Å²) in [5, 5.41) is 16.3. The Bertz CT molecular complexity index is 1990. The Morgan fingerprint density at radius 3 is 1.04 bits per heavy atom. The first-order valence-electron chi connectivity index (χ1n) is 27.9. The minimum atomic E-state index is -1.25. The first kappa shape index (κ1) is 73.5. The smallest absolute Gasteiger partial charge is 0.303 e. The van der Waals surface area contributed by atoms with Crippen molar-refractivity contribution in [1.29, 1.82) is 0 Å². The van der Waals surface area contributed by atoms with Crippen molar-refractivity contribution in [1.82, 2.24) is 31.9 Å². The van der Waals surface area contributed by atoms with Crippen LogP contribution in [0.2, 0.25) is 0 Å². The number of nitrogens with two attached hydrogens (primary N) is 1. The molecule has 2 heterocycles. The molecule has 84 heavy (non-hydrogen) atoms. The molecule has 0 aromatic heterocycles. The number of esters is 6. The van der Waals surface area contributed by atoms with Crippen molar-refractivity contribution in [3.63, 3.8) is 0 Å². The van der Waals surface area contributed by atoms with Crippen molar-refractivity contribution in [2.45, 2.75) is 187 Å². The van der Waals surface area contributed by atoms with Crippen molar-refractivity contribution >= 4 is 71.3 Å². The lowest BCUT2D eigenvalue weighted by molar-refractivity contribution is -0.277. The predicted octanol–water partition coefficient (Wildman–Crippen LogP) is -1.94. The molecule has 478 valence electrons. The number of amides is 6. The van der Waals surface area contributed by atoms with E-state index in [1.54, 1.807) is 0 Å². The lowest BCUT2D eigenvalue weighted by Crippen LogP contribution is -2.66. The fourth-order valence-electron chi connectivity index (χ4n) is 8.33. The van der Waals surface area contributed by atoms with E-state index in [0.717, 1.165) is 27.7 Å². The Morgan fingerprint density at radius 1 is 0.405 bits per heavy atom. The van der Waals surface area contributed by atoms with Crippen molar-refractivity contribution in [2.75, 3.05) is 79.0 Å². The average Bonchev–Trinajstić information content (AvgIpc) is 1.62. The third-order valence-corrected chi connectivity index (χ3v) is 11.9. The van der Waals surface area contributed by atoms with Gasteiger partial charge in [-0.25, -0.2) is 0 Å². The lowest BCUT2D eigenvalue weighted by atomic mass is 9.96. The highest BCUT2D eigenvalue weighted by Crippen LogP contribution is 2.30. The highest BCUT2D eigenvalue weighted by Gasteiger charge is 2.53. The third-order valence-electron chi connectivity index (χ3n) is 11.9. The molecule has 6 amide bonds. The molecule has 0 aliphatic carbocycles. The van der Waals surface area contributed by atoms with Crippen LogP contribution in [-0.2, 0) is 114 Å². The van der Waals surface area contributed by atoms with Gasteiger partial charge >= 0.3 is 35.8 Å². The number of carbonyl (C=O) groups excluding carboxylic acids is 12. The number of ether oxygens (including phenoxy) is 12. The normalized spacial score (nSPS) is 21.8. The summed E-state index contributed by atoms with van der Waals surface area (Å²) in [5.41, 5.74) is 6.04. The van der Waals surface area contributed by atoms with Gasteiger partial charge in [-0.15, -0.1) is 0 Å². The van der Waals surface area contributed by atoms with E-state index >= 15 is 0 Å². The Hall–Kier alpha value is -6.64. The predicted molar refractivity (Wildman–Crippen MR) is 288 cm³/mol. The summed E-state index contributed by atoms with van der Waals surface area (Å²) in [5.74, 6) is -6.17. The molecule has 2 aliphatic rings. The number of carbonyl (C=O) groups is 12. The molecule has 0 unspecified atom stereocenters. The first-order chi connectivity index (χ1) is 39.9. The largest absolute Gasteiger partial charge is 0.463 e. The molecule has 2 saturated heterocycles. The molecule has 2 rings (SSSR count). The second-order valence-corrected chi connectivity index (χ2v) is 19.6. The second kappa shape index (κ2) is 41.4. The zero-order valence-electron chi connectivity index (χ0n) is 49.3. The zero-order chi connectivity index (χ0) is 62.6. The molecule has 0 spiro atoms. The van der Waals surface area contributed by atoms with Gasteiger partial charge in [-0.3, -0.25) is 57.5 Å². The molecule has 31 nitrogen and oxygen atoms in total. The molecule has 8 N–H and O–H groups in total. The highest BCUT2D eigenvalue weighted by molar-refractivity contribution is 5.78. The summed E-state index contributed by atoms with van der Waals surface area (Å²) >= 11 is 0. The summed E-state index contributed by atoms with van der Waals surface area (Å²) in [4.78, 5) is 145. The maximum atomic E-state index is 12.4. The zero-order valence-corrected chi connectivity index (χ0v) is 49.3. The van der Waals surface area contributed by atoms with Crippen molar-refractivity contribution in [3.05, 3.63) is 0 Å². The summed E-state index contributed by atoms with van der Waals surface area (Å²) in [6, 6.07) is -2.71. The molecule has 2 aliphatic heterocycles. The van der Waals surface area contributed by atoms with Gasteiger partial charge in [-0.05, 0) is 38.5 Å². The highest BCUT2D eigenvalue weighted by atomic mass is 16.7. The van der Waals surface area contributed by atoms with E-state index < -0.39 is 115 Å². The topological polar surface area (TPSA) is 414 Å². The lowest BCUT2D eigenvalue weighted by Gasteiger charge is -2.44. The molecule has 0 radical (unpaired) electrons. The molecule has 10 atom stereocenters.